The van der Waals surface area contributed by atoms with Gasteiger partial charge in [-0.15, -0.1) is 0 Å². The summed E-state index contributed by atoms with van der Waals surface area (Å²) in [5, 5.41) is 8.14. The highest BCUT2D eigenvalue weighted by Gasteiger charge is 2.35. The molecule has 0 aromatic heterocycles. The minimum atomic E-state index is 0.574. The molecule has 1 aromatic carbocycles. The van der Waals surface area contributed by atoms with Crippen molar-refractivity contribution in [3.05, 3.63) is 27.7 Å². The Morgan fingerprint density at radius 3 is 2.89 bits per heavy atom. The van der Waals surface area contributed by atoms with Crippen LogP contribution < -0.4 is 10.6 Å². The van der Waals surface area contributed by atoms with Crippen LogP contribution in [0, 0.1) is 5.92 Å². The van der Waals surface area contributed by atoms with E-state index >= 15 is 0 Å². The lowest BCUT2D eigenvalue weighted by atomic mass is 9.93. The highest BCUT2D eigenvalue weighted by Crippen LogP contribution is 2.37. The summed E-state index contributed by atoms with van der Waals surface area (Å²) in [5.74, 6) is 0.758. The maximum Gasteiger partial charge on any atom is 0.0593 e. The van der Waals surface area contributed by atoms with Crippen molar-refractivity contribution in [3.63, 3.8) is 0 Å². The van der Waals surface area contributed by atoms with Gasteiger partial charge in [-0.25, -0.2) is 0 Å². The minimum absolute atomic E-state index is 0.574. The van der Waals surface area contributed by atoms with Gasteiger partial charge in [-0.1, -0.05) is 24.1 Å². The summed E-state index contributed by atoms with van der Waals surface area (Å²) in [6.45, 7) is 1.19. The molecule has 0 spiro atoms. The van der Waals surface area contributed by atoms with Crippen LogP contribution in [0.5, 0.6) is 0 Å². The van der Waals surface area contributed by atoms with Gasteiger partial charge in [0.25, 0.3) is 0 Å². The zero-order valence-corrected chi connectivity index (χ0v) is 13.3. The topological polar surface area (TPSA) is 24.1 Å². The van der Waals surface area contributed by atoms with E-state index in [2.05, 4.69) is 32.6 Å². The second kappa shape index (κ2) is 6.02. The number of rotatable bonds is 3. The third kappa shape index (κ3) is 2.93. The van der Waals surface area contributed by atoms with Crippen molar-refractivity contribution in [2.45, 2.75) is 44.2 Å². The van der Waals surface area contributed by atoms with E-state index in [1.165, 1.54) is 38.6 Å². The summed E-state index contributed by atoms with van der Waals surface area (Å²) in [6.07, 6.45) is 6.60. The largest absolute Gasteiger partial charge is 0.381 e. The SMILES string of the molecule is Clc1cccc(NC2CCCC2C2CCCN2)c1Br. The normalized spacial score (nSPS) is 30.7. The molecule has 1 saturated heterocycles. The van der Waals surface area contributed by atoms with Crippen LogP contribution in [0.25, 0.3) is 0 Å². The van der Waals surface area contributed by atoms with Gasteiger partial charge in [-0.05, 0) is 66.2 Å². The Morgan fingerprint density at radius 2 is 2.11 bits per heavy atom. The maximum atomic E-state index is 6.16. The lowest BCUT2D eigenvalue weighted by Gasteiger charge is -2.27. The van der Waals surface area contributed by atoms with Crippen molar-refractivity contribution in [2.75, 3.05) is 11.9 Å². The second-order valence-corrected chi connectivity index (χ2v) is 6.85. The van der Waals surface area contributed by atoms with Crippen molar-refractivity contribution in [3.8, 4) is 0 Å². The van der Waals surface area contributed by atoms with E-state index in [0.717, 1.165) is 21.1 Å². The smallest absolute Gasteiger partial charge is 0.0593 e. The third-order valence-electron chi connectivity index (χ3n) is 4.48. The molecule has 1 heterocycles. The molecule has 2 aliphatic rings. The lowest BCUT2D eigenvalue weighted by molar-refractivity contribution is 0.376. The Hall–Kier alpha value is -0.250. The Bertz CT molecular complexity index is 446. The monoisotopic (exact) mass is 342 g/mol. The first-order valence-corrected chi connectivity index (χ1v) is 8.37. The number of nitrogens with one attached hydrogen (secondary N) is 2. The minimum Gasteiger partial charge on any atom is -0.381 e. The molecule has 1 saturated carbocycles. The summed E-state index contributed by atoms with van der Waals surface area (Å²) >= 11 is 9.74. The van der Waals surface area contributed by atoms with Crippen LogP contribution >= 0.6 is 27.5 Å². The van der Waals surface area contributed by atoms with Gasteiger partial charge in [0.2, 0.25) is 0 Å². The molecule has 4 heteroatoms. The van der Waals surface area contributed by atoms with Crippen LogP contribution in [0.2, 0.25) is 5.02 Å². The van der Waals surface area contributed by atoms with Gasteiger partial charge < -0.3 is 10.6 Å². The average molecular weight is 344 g/mol. The quantitative estimate of drug-likeness (QED) is 0.848. The van der Waals surface area contributed by atoms with Gasteiger partial charge >= 0.3 is 0 Å². The summed E-state index contributed by atoms with van der Waals surface area (Å²) in [7, 11) is 0. The summed E-state index contributed by atoms with van der Waals surface area (Å²) in [4.78, 5) is 0. The van der Waals surface area contributed by atoms with Crippen molar-refractivity contribution in [1.29, 1.82) is 0 Å². The van der Waals surface area contributed by atoms with E-state index in [1.807, 2.05) is 12.1 Å². The molecular formula is C15H20BrClN2. The van der Waals surface area contributed by atoms with Gasteiger partial charge in [0.05, 0.1) is 15.2 Å². The fourth-order valence-electron chi connectivity index (χ4n) is 3.54. The predicted molar refractivity (Wildman–Crippen MR) is 84.9 cm³/mol. The molecule has 1 aliphatic carbocycles. The highest BCUT2D eigenvalue weighted by atomic mass is 79.9. The molecule has 2 fully saturated rings. The molecule has 3 unspecified atom stereocenters. The predicted octanol–water partition coefficient (Wildman–Crippen LogP) is 4.44. The fourth-order valence-corrected chi connectivity index (χ4v) is 4.09. The first kappa shape index (κ1) is 13.7. The van der Waals surface area contributed by atoms with Crippen molar-refractivity contribution >= 4 is 33.2 Å². The number of hydrogen-bond donors (Lipinski definition) is 2. The van der Waals surface area contributed by atoms with Gasteiger partial charge in [0, 0.05) is 12.1 Å². The standard InChI is InChI=1S/C15H20BrClN2/c16-15-11(17)5-2-7-14(15)19-13-6-1-4-10(13)12-8-3-9-18-12/h2,5,7,10,12-13,18-19H,1,3-4,6,8-9H2. The summed E-state index contributed by atoms with van der Waals surface area (Å²) in [6, 6.07) is 7.31. The van der Waals surface area contributed by atoms with E-state index < -0.39 is 0 Å². The number of halogens is 2. The van der Waals surface area contributed by atoms with E-state index in [4.69, 9.17) is 11.6 Å². The number of hydrogen-bond acceptors (Lipinski definition) is 2. The molecule has 2 nitrogen and oxygen atoms in total. The number of benzene rings is 1. The van der Waals surface area contributed by atoms with Gasteiger partial charge in [0.1, 0.15) is 0 Å². The van der Waals surface area contributed by atoms with Crippen LogP contribution in [-0.2, 0) is 0 Å². The molecule has 3 atom stereocenters. The Labute approximate surface area is 128 Å². The molecule has 1 aliphatic heterocycles. The molecule has 1 aromatic rings. The van der Waals surface area contributed by atoms with Crippen LogP contribution in [0.4, 0.5) is 5.69 Å². The van der Waals surface area contributed by atoms with Gasteiger partial charge in [-0.3, -0.25) is 0 Å². The van der Waals surface area contributed by atoms with E-state index in [9.17, 15) is 0 Å². The Morgan fingerprint density at radius 1 is 1.21 bits per heavy atom. The first-order valence-electron chi connectivity index (χ1n) is 7.19. The van der Waals surface area contributed by atoms with Crippen molar-refractivity contribution in [1.82, 2.24) is 5.32 Å². The van der Waals surface area contributed by atoms with Crippen molar-refractivity contribution in [2.24, 2.45) is 5.92 Å². The molecule has 2 N–H and O–H groups in total. The molecular weight excluding hydrogens is 324 g/mol. The number of anilines is 1. The maximum absolute atomic E-state index is 6.16. The molecule has 104 valence electrons. The van der Waals surface area contributed by atoms with Gasteiger partial charge in [-0.2, -0.15) is 0 Å². The van der Waals surface area contributed by atoms with Crippen molar-refractivity contribution < 1.29 is 0 Å². The summed E-state index contributed by atoms with van der Waals surface area (Å²) < 4.78 is 0.988. The molecule has 0 amide bonds. The molecule has 0 bridgehead atoms. The van der Waals surface area contributed by atoms with E-state index in [0.29, 0.717) is 12.1 Å². The second-order valence-electron chi connectivity index (χ2n) is 5.65. The Balaban J connectivity index is 1.72. The van der Waals surface area contributed by atoms with Crippen LogP contribution in [0.15, 0.2) is 22.7 Å². The van der Waals surface area contributed by atoms with Gasteiger partial charge in [0.15, 0.2) is 0 Å². The van der Waals surface area contributed by atoms with E-state index in [-0.39, 0.29) is 0 Å². The molecule has 0 radical (unpaired) electrons. The fraction of sp³-hybridized carbons (Fsp3) is 0.600. The first-order chi connectivity index (χ1) is 9.25. The van der Waals surface area contributed by atoms with Crippen LogP contribution in [0.3, 0.4) is 0 Å². The zero-order valence-electron chi connectivity index (χ0n) is 11.0. The van der Waals surface area contributed by atoms with Crippen LogP contribution in [0.1, 0.15) is 32.1 Å². The zero-order chi connectivity index (χ0) is 13.2. The third-order valence-corrected chi connectivity index (χ3v) is 5.87. The highest BCUT2D eigenvalue weighted by molar-refractivity contribution is 9.10. The lowest BCUT2D eigenvalue weighted by Crippen LogP contribution is -2.38. The Kier molecular flexibility index (Phi) is 4.35. The molecule has 3 rings (SSSR count). The molecule has 19 heavy (non-hydrogen) atoms. The average Bonchev–Trinajstić information content (AvgIpc) is 3.05. The summed E-state index contributed by atoms with van der Waals surface area (Å²) in [5.41, 5.74) is 1.13. The van der Waals surface area contributed by atoms with E-state index in [1.54, 1.807) is 0 Å². The van der Waals surface area contributed by atoms with Crippen LogP contribution in [-0.4, -0.2) is 18.6 Å².